The van der Waals surface area contributed by atoms with E-state index in [4.69, 9.17) is 22.1 Å². The third kappa shape index (κ3) is 2.57. The number of nitrogens with one attached hydrogen (secondary N) is 1. The summed E-state index contributed by atoms with van der Waals surface area (Å²) in [5, 5.41) is 2.95. The van der Waals surface area contributed by atoms with Crippen molar-refractivity contribution in [1.82, 2.24) is 0 Å². The van der Waals surface area contributed by atoms with E-state index in [1.54, 1.807) is 24.3 Å². The lowest BCUT2D eigenvalue weighted by Gasteiger charge is -2.21. The minimum Gasteiger partial charge on any atom is -0.482 e. The number of hydrogen-bond donors (Lipinski definition) is 2. The fourth-order valence-electron chi connectivity index (χ4n) is 2.27. The van der Waals surface area contributed by atoms with Gasteiger partial charge in [-0.15, -0.1) is 0 Å². The van der Waals surface area contributed by atoms with Crippen LogP contribution in [0.5, 0.6) is 5.75 Å². The van der Waals surface area contributed by atoms with Crippen molar-refractivity contribution in [3.63, 3.8) is 0 Å². The lowest BCUT2D eigenvalue weighted by Crippen LogP contribution is -2.25. The predicted molar refractivity (Wildman–Crippen MR) is 78.0 cm³/mol. The van der Waals surface area contributed by atoms with Crippen molar-refractivity contribution in [3.05, 3.63) is 58.4 Å². The molecule has 0 bridgehead atoms. The number of carbonyl (C=O) groups excluding carboxylic acids is 1. The summed E-state index contributed by atoms with van der Waals surface area (Å²) in [5.74, 6) is -0.143. The zero-order valence-electron chi connectivity index (χ0n) is 10.9. The summed E-state index contributed by atoms with van der Waals surface area (Å²) < 4.78 is 19.2. The van der Waals surface area contributed by atoms with Crippen LogP contribution in [0.25, 0.3) is 0 Å². The van der Waals surface area contributed by atoms with Crippen LogP contribution < -0.4 is 15.8 Å². The Morgan fingerprint density at radius 2 is 2.14 bits per heavy atom. The molecule has 1 aliphatic heterocycles. The fraction of sp³-hybridized carbons (Fsp3) is 0.133. The van der Waals surface area contributed by atoms with Crippen molar-refractivity contribution in [3.8, 4) is 5.75 Å². The third-order valence-electron chi connectivity index (χ3n) is 3.31. The Morgan fingerprint density at radius 3 is 2.90 bits per heavy atom. The molecule has 0 aliphatic carbocycles. The molecule has 3 N–H and O–H groups in total. The van der Waals surface area contributed by atoms with Crippen molar-refractivity contribution in [1.29, 1.82) is 0 Å². The van der Waals surface area contributed by atoms with Crippen molar-refractivity contribution >= 4 is 23.2 Å². The molecule has 6 heteroatoms. The van der Waals surface area contributed by atoms with Gasteiger partial charge in [-0.1, -0.05) is 23.7 Å². The molecule has 0 fully saturated rings. The van der Waals surface area contributed by atoms with Gasteiger partial charge in [-0.25, -0.2) is 4.39 Å². The molecular formula is C15H12ClFN2O2. The van der Waals surface area contributed by atoms with Gasteiger partial charge < -0.3 is 15.8 Å². The maximum Gasteiger partial charge on any atom is 0.262 e. The van der Waals surface area contributed by atoms with Gasteiger partial charge in [0.15, 0.2) is 6.61 Å². The standard InChI is InChI=1S/C15H12ClFN2O2/c16-9-2-1-3-10(17)14(9)15(18)8-4-5-12-11(6-8)19-13(20)7-21-12/h1-6,15H,7,18H2,(H,19,20). The summed E-state index contributed by atoms with van der Waals surface area (Å²) in [7, 11) is 0. The van der Waals surface area contributed by atoms with E-state index in [0.29, 0.717) is 17.0 Å². The third-order valence-corrected chi connectivity index (χ3v) is 3.64. The van der Waals surface area contributed by atoms with Gasteiger partial charge in [0.1, 0.15) is 11.6 Å². The smallest absolute Gasteiger partial charge is 0.262 e. The Balaban J connectivity index is 2.01. The molecule has 21 heavy (non-hydrogen) atoms. The van der Waals surface area contributed by atoms with Crippen LogP contribution in [0.4, 0.5) is 10.1 Å². The van der Waals surface area contributed by atoms with Gasteiger partial charge in [0.2, 0.25) is 0 Å². The molecule has 2 aromatic rings. The first-order chi connectivity index (χ1) is 10.1. The molecule has 1 heterocycles. The Kier molecular flexibility index (Phi) is 3.53. The van der Waals surface area contributed by atoms with Crippen molar-refractivity contribution in [2.45, 2.75) is 6.04 Å². The molecular weight excluding hydrogens is 295 g/mol. The minimum atomic E-state index is -0.733. The molecule has 0 saturated carbocycles. The second-order valence-corrected chi connectivity index (χ2v) is 5.11. The van der Waals surface area contributed by atoms with Crippen molar-refractivity contribution in [2.75, 3.05) is 11.9 Å². The summed E-state index contributed by atoms with van der Waals surface area (Å²) in [5.41, 5.74) is 7.48. The van der Waals surface area contributed by atoms with Gasteiger partial charge >= 0.3 is 0 Å². The fourth-order valence-corrected chi connectivity index (χ4v) is 2.55. The zero-order valence-corrected chi connectivity index (χ0v) is 11.7. The van der Waals surface area contributed by atoms with Crippen LogP contribution in [0.1, 0.15) is 17.2 Å². The van der Waals surface area contributed by atoms with E-state index >= 15 is 0 Å². The molecule has 0 saturated heterocycles. The molecule has 1 atom stereocenters. The molecule has 3 rings (SSSR count). The van der Waals surface area contributed by atoms with E-state index in [1.807, 2.05) is 0 Å². The average molecular weight is 307 g/mol. The van der Waals surface area contributed by atoms with Gasteiger partial charge in [0, 0.05) is 10.6 Å². The summed E-state index contributed by atoms with van der Waals surface area (Å²) in [6, 6.07) is 8.77. The van der Waals surface area contributed by atoms with Crippen molar-refractivity contribution in [2.24, 2.45) is 5.73 Å². The average Bonchev–Trinajstić information content (AvgIpc) is 2.46. The molecule has 0 radical (unpaired) electrons. The largest absolute Gasteiger partial charge is 0.482 e. The Hall–Kier alpha value is -2.11. The topological polar surface area (TPSA) is 64.3 Å². The maximum atomic E-state index is 13.9. The molecule has 1 aliphatic rings. The first-order valence-corrected chi connectivity index (χ1v) is 6.70. The highest BCUT2D eigenvalue weighted by molar-refractivity contribution is 6.31. The van der Waals surface area contributed by atoms with Gasteiger partial charge in [-0.05, 0) is 29.8 Å². The van der Waals surface area contributed by atoms with Crippen LogP contribution in [0, 0.1) is 5.82 Å². The summed E-state index contributed by atoms with van der Waals surface area (Å²) >= 11 is 6.03. The van der Waals surface area contributed by atoms with E-state index in [-0.39, 0.29) is 23.1 Å². The summed E-state index contributed by atoms with van der Waals surface area (Å²) in [6.07, 6.45) is 0. The number of halogens is 2. The number of rotatable bonds is 2. The number of hydrogen-bond acceptors (Lipinski definition) is 3. The van der Waals surface area contributed by atoms with E-state index in [2.05, 4.69) is 5.32 Å². The Bertz CT molecular complexity index is 701. The number of benzene rings is 2. The highest BCUT2D eigenvalue weighted by Gasteiger charge is 2.21. The molecule has 2 aromatic carbocycles. The van der Waals surface area contributed by atoms with E-state index in [0.717, 1.165) is 0 Å². The highest BCUT2D eigenvalue weighted by atomic mass is 35.5. The first-order valence-electron chi connectivity index (χ1n) is 6.32. The maximum absolute atomic E-state index is 13.9. The second-order valence-electron chi connectivity index (χ2n) is 4.71. The normalized spacial score (nSPS) is 14.9. The number of anilines is 1. The van der Waals surface area contributed by atoms with Gasteiger partial charge in [0.25, 0.3) is 5.91 Å². The predicted octanol–water partition coefficient (Wildman–Crippen LogP) is 2.86. The van der Waals surface area contributed by atoms with Crippen molar-refractivity contribution < 1.29 is 13.9 Å². The molecule has 1 unspecified atom stereocenters. The zero-order chi connectivity index (χ0) is 15.0. The quantitative estimate of drug-likeness (QED) is 0.896. The molecule has 1 amide bonds. The molecule has 4 nitrogen and oxygen atoms in total. The highest BCUT2D eigenvalue weighted by Crippen LogP contribution is 2.34. The van der Waals surface area contributed by atoms with Crippen LogP contribution >= 0.6 is 11.6 Å². The Labute approximate surface area is 125 Å². The van der Waals surface area contributed by atoms with E-state index in [1.165, 1.54) is 12.1 Å². The van der Waals surface area contributed by atoms with E-state index < -0.39 is 11.9 Å². The minimum absolute atomic E-state index is 0.0163. The van der Waals surface area contributed by atoms with Crippen LogP contribution in [0.15, 0.2) is 36.4 Å². The van der Waals surface area contributed by atoms with Crippen LogP contribution in [0.3, 0.4) is 0 Å². The van der Waals surface area contributed by atoms with Crippen LogP contribution in [-0.4, -0.2) is 12.5 Å². The number of nitrogens with two attached hydrogens (primary N) is 1. The lowest BCUT2D eigenvalue weighted by atomic mass is 9.98. The van der Waals surface area contributed by atoms with Gasteiger partial charge in [-0.2, -0.15) is 0 Å². The number of fused-ring (bicyclic) bond motifs is 1. The van der Waals surface area contributed by atoms with Crippen LogP contribution in [0.2, 0.25) is 5.02 Å². The second kappa shape index (κ2) is 5.35. The number of amides is 1. The first kappa shape index (κ1) is 13.9. The Morgan fingerprint density at radius 1 is 1.33 bits per heavy atom. The molecule has 0 aromatic heterocycles. The number of carbonyl (C=O) groups is 1. The molecule has 108 valence electrons. The number of ether oxygens (including phenoxy) is 1. The van der Waals surface area contributed by atoms with E-state index in [9.17, 15) is 9.18 Å². The van der Waals surface area contributed by atoms with Crippen LogP contribution in [-0.2, 0) is 4.79 Å². The van der Waals surface area contributed by atoms with Gasteiger partial charge in [-0.3, -0.25) is 4.79 Å². The SMILES string of the molecule is NC(c1ccc2c(c1)NC(=O)CO2)c1c(F)cccc1Cl. The monoisotopic (exact) mass is 306 g/mol. The molecule has 0 spiro atoms. The summed E-state index contributed by atoms with van der Waals surface area (Å²) in [6.45, 7) is -0.0163. The lowest BCUT2D eigenvalue weighted by molar-refractivity contribution is -0.118. The summed E-state index contributed by atoms with van der Waals surface area (Å²) in [4.78, 5) is 11.3. The van der Waals surface area contributed by atoms with Gasteiger partial charge in [0.05, 0.1) is 11.7 Å².